The molecule has 0 radical (unpaired) electrons. The maximum atomic E-state index is 15.3. The lowest BCUT2D eigenvalue weighted by molar-refractivity contribution is -0.291. The van der Waals surface area contributed by atoms with E-state index >= 15 is 4.39 Å². The molecular weight excluding hydrogens is 506 g/mol. The van der Waals surface area contributed by atoms with Crippen LogP contribution in [0.1, 0.15) is 66.2 Å². The molecule has 0 spiro atoms. The smallest absolute Gasteiger partial charge is 0.288 e. The van der Waals surface area contributed by atoms with Gasteiger partial charge in [0.05, 0.1) is 11.3 Å². The van der Waals surface area contributed by atoms with Crippen LogP contribution in [0.15, 0.2) is 60.2 Å². The van der Waals surface area contributed by atoms with Gasteiger partial charge in [0.15, 0.2) is 11.5 Å². The van der Waals surface area contributed by atoms with Crippen molar-refractivity contribution in [2.75, 3.05) is 0 Å². The van der Waals surface area contributed by atoms with Gasteiger partial charge in [0.1, 0.15) is 6.17 Å². The molecule has 0 fully saturated rings. The Morgan fingerprint density at radius 3 is 2.17 bits per heavy atom. The zero-order chi connectivity index (χ0) is 26.6. The molecule has 3 nitrogen and oxygen atoms in total. The molecule has 36 heavy (non-hydrogen) atoms. The number of halogens is 7. The molecule has 2 heterocycles. The molecule has 0 saturated carbocycles. The summed E-state index contributed by atoms with van der Waals surface area (Å²) < 4.78 is 86.0. The van der Waals surface area contributed by atoms with E-state index in [0.29, 0.717) is 10.6 Å². The first-order valence-corrected chi connectivity index (χ1v) is 11.3. The largest absolute Gasteiger partial charge is 0.459 e. The van der Waals surface area contributed by atoms with E-state index in [2.05, 4.69) is 5.10 Å². The molecule has 0 bridgehead atoms. The van der Waals surface area contributed by atoms with Crippen molar-refractivity contribution < 1.29 is 31.1 Å². The van der Waals surface area contributed by atoms with Gasteiger partial charge in [-0.25, -0.2) is 9.07 Å². The van der Waals surface area contributed by atoms with Crippen LogP contribution in [0.4, 0.5) is 26.3 Å². The summed E-state index contributed by atoms with van der Waals surface area (Å²) in [6.45, 7) is 4.78. The highest BCUT2D eigenvalue weighted by molar-refractivity contribution is 6.30. The third-order valence-electron chi connectivity index (χ3n) is 6.62. The number of fused-ring (bicyclic) bond motifs is 1. The van der Waals surface area contributed by atoms with Crippen LogP contribution in [0.25, 0.3) is 5.70 Å². The van der Waals surface area contributed by atoms with Gasteiger partial charge >= 0.3 is 12.1 Å². The maximum Gasteiger partial charge on any atom is 0.459 e. The second-order valence-electron chi connectivity index (χ2n) is 9.17. The molecule has 10 heteroatoms. The zero-order valence-electron chi connectivity index (χ0n) is 19.4. The number of carbonyl (C=O) groups is 1. The van der Waals surface area contributed by atoms with Crippen LogP contribution in [0.5, 0.6) is 0 Å². The molecule has 1 atom stereocenters. The van der Waals surface area contributed by atoms with Gasteiger partial charge < -0.3 is 0 Å². The Morgan fingerprint density at radius 1 is 1.03 bits per heavy atom. The Kier molecular flexibility index (Phi) is 6.35. The fraction of sp³-hybridized carbons (Fsp3) is 0.308. The third kappa shape index (κ3) is 4.13. The third-order valence-corrected chi connectivity index (χ3v) is 6.88. The molecule has 2 aromatic carbocycles. The molecule has 4 rings (SSSR count). The van der Waals surface area contributed by atoms with Crippen LogP contribution in [-0.4, -0.2) is 21.7 Å². The van der Waals surface area contributed by atoms with Crippen molar-refractivity contribution in [3.8, 4) is 0 Å². The van der Waals surface area contributed by atoms with Gasteiger partial charge in [-0.3, -0.25) is 4.79 Å². The molecule has 190 valence electrons. The number of aromatic nitrogens is 2. The monoisotopic (exact) mass is 526 g/mol. The molecule has 1 aliphatic heterocycles. The van der Waals surface area contributed by atoms with Gasteiger partial charge in [-0.1, -0.05) is 67.9 Å². The predicted octanol–water partition coefficient (Wildman–Crippen LogP) is 8.04. The topological polar surface area (TPSA) is 34.9 Å². The normalized spacial score (nSPS) is 16.3. The Morgan fingerprint density at radius 2 is 1.61 bits per heavy atom. The van der Waals surface area contributed by atoms with Crippen LogP contribution in [-0.2, 0) is 11.3 Å². The molecule has 1 aliphatic rings. The average Bonchev–Trinajstić information content (AvgIpc) is 3.30. The van der Waals surface area contributed by atoms with Gasteiger partial charge in [0.2, 0.25) is 0 Å². The predicted molar refractivity (Wildman–Crippen MR) is 124 cm³/mol. The van der Waals surface area contributed by atoms with Crippen LogP contribution < -0.4 is 0 Å². The number of ketones is 1. The quantitative estimate of drug-likeness (QED) is 0.240. The van der Waals surface area contributed by atoms with E-state index in [0.717, 1.165) is 4.68 Å². The summed E-state index contributed by atoms with van der Waals surface area (Å²) in [6.07, 6.45) is -7.98. The highest BCUT2D eigenvalue weighted by atomic mass is 35.5. The number of alkyl halides is 6. The van der Waals surface area contributed by atoms with Gasteiger partial charge in [-0.15, -0.1) is 0 Å². The number of carbonyl (C=O) groups excluding carboxylic acids is 1. The highest BCUT2D eigenvalue weighted by Crippen LogP contribution is 2.52. The molecule has 0 N–H and O–H groups in total. The standard InChI is InChI=1S/C26H21ClF6N2O/c1-14-19(13-18(28)15-9-11-17(27)12-10-15)35-23(24(14,2)3)20(21(36)16-7-5-4-6-8-16)22(34-35)25(29,30)26(31,32)33/h4-12,18H,13H2,1-3H3. The number of allylic oxidation sites excluding steroid dienone is 2. The minimum atomic E-state index is -6.00. The summed E-state index contributed by atoms with van der Waals surface area (Å²) >= 11 is 5.85. The van der Waals surface area contributed by atoms with Crippen LogP contribution in [0, 0.1) is 0 Å². The van der Waals surface area contributed by atoms with E-state index in [9.17, 15) is 26.7 Å². The van der Waals surface area contributed by atoms with Crippen molar-refractivity contribution in [2.45, 2.75) is 50.9 Å². The SMILES string of the molecule is CC1=C(CC(F)c2ccc(Cl)cc2)n2nc(C(F)(F)C(F)(F)F)c(C(=O)c3ccccc3)c2C1(C)C. The highest BCUT2D eigenvalue weighted by Gasteiger charge is 2.63. The van der Waals surface area contributed by atoms with Crippen LogP contribution in [0.3, 0.4) is 0 Å². The molecule has 0 amide bonds. The van der Waals surface area contributed by atoms with E-state index in [1.807, 2.05) is 0 Å². The molecule has 1 aromatic heterocycles. The van der Waals surface area contributed by atoms with E-state index < -0.39 is 40.7 Å². The van der Waals surface area contributed by atoms with Gasteiger partial charge in [-0.05, 0) is 30.2 Å². The number of benzene rings is 2. The first kappa shape index (κ1) is 26.0. The van der Waals surface area contributed by atoms with Crippen molar-refractivity contribution >= 4 is 23.1 Å². The lowest BCUT2D eigenvalue weighted by Gasteiger charge is -2.23. The Labute approximate surface area is 208 Å². The minimum absolute atomic E-state index is 0.0704. The summed E-state index contributed by atoms with van der Waals surface area (Å²) in [6, 6.07) is 13.1. The Hall–Kier alpha value is -3.07. The second-order valence-corrected chi connectivity index (χ2v) is 9.61. The fourth-order valence-electron chi connectivity index (χ4n) is 4.39. The van der Waals surface area contributed by atoms with Crippen molar-refractivity contribution in [1.29, 1.82) is 0 Å². The Bertz CT molecular complexity index is 1340. The lowest BCUT2D eigenvalue weighted by Crippen LogP contribution is -2.36. The molecule has 1 unspecified atom stereocenters. The number of rotatable bonds is 6. The molecule has 0 aliphatic carbocycles. The lowest BCUT2D eigenvalue weighted by atomic mass is 9.79. The second kappa shape index (κ2) is 8.80. The van der Waals surface area contributed by atoms with Gasteiger partial charge in [0, 0.05) is 28.1 Å². The zero-order valence-corrected chi connectivity index (χ0v) is 20.2. The van der Waals surface area contributed by atoms with Crippen molar-refractivity contribution in [1.82, 2.24) is 9.78 Å². The first-order chi connectivity index (χ1) is 16.7. The molecule has 0 saturated heterocycles. The number of nitrogens with zero attached hydrogens (tertiary/aromatic N) is 2. The van der Waals surface area contributed by atoms with E-state index in [1.165, 1.54) is 48.5 Å². The molecule has 3 aromatic rings. The van der Waals surface area contributed by atoms with Gasteiger partial charge in [0.25, 0.3) is 0 Å². The fourth-order valence-corrected chi connectivity index (χ4v) is 4.52. The Balaban J connectivity index is 1.91. The van der Waals surface area contributed by atoms with Gasteiger partial charge in [-0.2, -0.15) is 27.1 Å². The number of hydrogen-bond donors (Lipinski definition) is 0. The summed E-state index contributed by atoms with van der Waals surface area (Å²) in [5.41, 5.74) is -3.04. The summed E-state index contributed by atoms with van der Waals surface area (Å²) in [5, 5.41) is 4.03. The molecular formula is C26H21ClF6N2O. The van der Waals surface area contributed by atoms with Crippen molar-refractivity contribution in [2.24, 2.45) is 0 Å². The number of hydrogen-bond acceptors (Lipinski definition) is 2. The van der Waals surface area contributed by atoms with Crippen LogP contribution >= 0.6 is 11.6 Å². The first-order valence-electron chi connectivity index (χ1n) is 11.0. The van der Waals surface area contributed by atoms with E-state index in [1.54, 1.807) is 26.8 Å². The summed E-state index contributed by atoms with van der Waals surface area (Å²) in [7, 11) is 0. The maximum absolute atomic E-state index is 15.3. The van der Waals surface area contributed by atoms with E-state index in [4.69, 9.17) is 11.6 Å². The minimum Gasteiger partial charge on any atom is -0.288 e. The van der Waals surface area contributed by atoms with Crippen LogP contribution in [0.2, 0.25) is 5.02 Å². The average molecular weight is 527 g/mol. The summed E-state index contributed by atoms with van der Waals surface area (Å²) in [4.78, 5) is 13.4. The van der Waals surface area contributed by atoms with Crippen molar-refractivity contribution in [3.63, 3.8) is 0 Å². The van der Waals surface area contributed by atoms with E-state index in [-0.39, 0.29) is 28.9 Å². The summed E-state index contributed by atoms with van der Waals surface area (Å²) in [5.74, 6) is -6.43. The van der Waals surface area contributed by atoms with Crippen molar-refractivity contribution in [3.05, 3.63) is 93.3 Å².